The van der Waals surface area contributed by atoms with Crippen LogP contribution in [0.1, 0.15) is 37.1 Å². The number of aryl methyl sites for hydroxylation is 2. The van der Waals surface area contributed by atoms with Gasteiger partial charge in [0.25, 0.3) is 0 Å². The van der Waals surface area contributed by atoms with Crippen LogP contribution in [0.4, 0.5) is 5.82 Å². The number of nitrogens with one attached hydrogen (secondary N) is 1. The van der Waals surface area contributed by atoms with Crippen LogP contribution in [-0.2, 0) is 13.6 Å². The van der Waals surface area contributed by atoms with Gasteiger partial charge in [-0.05, 0) is 38.7 Å². The summed E-state index contributed by atoms with van der Waals surface area (Å²) in [5.74, 6) is 2.51. The number of hydrogen-bond donors (Lipinski definition) is 1. The molecular formula is C19H23N5O. The smallest absolute Gasteiger partial charge is 0.163 e. The second-order valence-electron chi connectivity index (χ2n) is 6.61. The summed E-state index contributed by atoms with van der Waals surface area (Å²) in [7, 11) is 1.89. The topological polar surface area (TPSA) is 64.9 Å². The fourth-order valence-corrected chi connectivity index (χ4v) is 3.40. The molecular weight excluding hydrogens is 314 g/mol. The Morgan fingerprint density at radius 3 is 2.84 bits per heavy atom. The lowest BCUT2D eigenvalue weighted by atomic mass is 10.2. The molecule has 1 aromatic carbocycles. The summed E-state index contributed by atoms with van der Waals surface area (Å²) in [5, 5.41) is 8.66. The van der Waals surface area contributed by atoms with Crippen LogP contribution in [0, 0.1) is 6.92 Å². The zero-order valence-corrected chi connectivity index (χ0v) is 14.7. The Kier molecular flexibility index (Phi) is 4.26. The lowest BCUT2D eigenvalue weighted by Gasteiger charge is -2.17. The van der Waals surface area contributed by atoms with E-state index in [0.717, 1.165) is 46.8 Å². The third kappa shape index (κ3) is 3.29. The summed E-state index contributed by atoms with van der Waals surface area (Å²) in [5.41, 5.74) is 1.98. The van der Waals surface area contributed by atoms with E-state index < -0.39 is 0 Å². The van der Waals surface area contributed by atoms with E-state index in [4.69, 9.17) is 4.74 Å². The van der Waals surface area contributed by atoms with Crippen molar-refractivity contribution in [3.8, 4) is 5.75 Å². The van der Waals surface area contributed by atoms with Crippen molar-refractivity contribution in [2.75, 3.05) is 5.32 Å². The van der Waals surface area contributed by atoms with Gasteiger partial charge in [-0.25, -0.2) is 9.97 Å². The van der Waals surface area contributed by atoms with Crippen LogP contribution < -0.4 is 10.1 Å². The van der Waals surface area contributed by atoms with E-state index in [1.165, 1.54) is 12.8 Å². The normalized spacial score (nSPS) is 15.0. The standard InChI is InChI=1S/C19H23N5O/c1-13-22-18(16-12-21-24(2)19(16)23-13)20-11-14-7-3-6-10-17(14)25-15-8-4-5-9-15/h3,6-7,10,12,15H,4-5,8-9,11H2,1-2H3,(H,20,22,23). The maximum atomic E-state index is 6.22. The minimum atomic E-state index is 0.354. The van der Waals surface area contributed by atoms with Gasteiger partial charge in [-0.3, -0.25) is 4.68 Å². The highest BCUT2D eigenvalue weighted by molar-refractivity contribution is 5.86. The van der Waals surface area contributed by atoms with Crippen molar-refractivity contribution in [2.24, 2.45) is 7.05 Å². The molecule has 2 heterocycles. The van der Waals surface area contributed by atoms with Gasteiger partial charge < -0.3 is 10.1 Å². The Hall–Kier alpha value is -2.63. The SMILES string of the molecule is Cc1nc(NCc2ccccc2OC2CCCC2)c2cnn(C)c2n1. The van der Waals surface area contributed by atoms with Crippen molar-refractivity contribution < 1.29 is 4.74 Å². The van der Waals surface area contributed by atoms with E-state index in [1.807, 2.05) is 26.1 Å². The molecule has 0 amide bonds. The quantitative estimate of drug-likeness (QED) is 0.770. The Morgan fingerprint density at radius 1 is 1.20 bits per heavy atom. The summed E-state index contributed by atoms with van der Waals surface area (Å²) in [6, 6.07) is 8.23. The third-order valence-corrected chi connectivity index (χ3v) is 4.72. The predicted molar refractivity (Wildman–Crippen MR) is 97.7 cm³/mol. The third-order valence-electron chi connectivity index (χ3n) is 4.72. The summed E-state index contributed by atoms with van der Waals surface area (Å²) < 4.78 is 7.99. The maximum Gasteiger partial charge on any atom is 0.163 e. The lowest BCUT2D eigenvalue weighted by Crippen LogP contribution is -2.13. The summed E-state index contributed by atoms with van der Waals surface area (Å²) in [6.45, 7) is 2.55. The molecule has 0 radical (unpaired) electrons. The second kappa shape index (κ2) is 6.70. The number of ether oxygens (including phenoxy) is 1. The predicted octanol–water partition coefficient (Wildman–Crippen LogP) is 3.61. The Morgan fingerprint density at radius 2 is 2.00 bits per heavy atom. The van der Waals surface area contributed by atoms with Gasteiger partial charge in [-0.2, -0.15) is 5.10 Å². The zero-order chi connectivity index (χ0) is 17.2. The first-order chi connectivity index (χ1) is 12.2. The summed E-state index contributed by atoms with van der Waals surface area (Å²) in [6.07, 6.45) is 7.01. The Bertz CT molecular complexity index is 883. The molecule has 1 fully saturated rings. The first kappa shape index (κ1) is 15.9. The molecule has 2 aromatic heterocycles. The number of rotatable bonds is 5. The van der Waals surface area contributed by atoms with Gasteiger partial charge in [0.2, 0.25) is 0 Å². The van der Waals surface area contributed by atoms with E-state index in [1.54, 1.807) is 10.9 Å². The first-order valence-corrected chi connectivity index (χ1v) is 8.85. The van der Waals surface area contributed by atoms with E-state index in [-0.39, 0.29) is 0 Å². The van der Waals surface area contributed by atoms with Crippen molar-refractivity contribution in [1.29, 1.82) is 0 Å². The van der Waals surface area contributed by atoms with Crippen molar-refractivity contribution in [2.45, 2.75) is 45.3 Å². The minimum absolute atomic E-state index is 0.354. The molecule has 0 bridgehead atoms. The fourth-order valence-electron chi connectivity index (χ4n) is 3.40. The molecule has 0 aliphatic heterocycles. The zero-order valence-electron chi connectivity index (χ0n) is 14.7. The Labute approximate surface area is 147 Å². The number of benzene rings is 1. The van der Waals surface area contributed by atoms with E-state index >= 15 is 0 Å². The van der Waals surface area contributed by atoms with Crippen LogP contribution in [0.3, 0.4) is 0 Å². The number of aromatic nitrogens is 4. The van der Waals surface area contributed by atoms with Crippen molar-refractivity contribution >= 4 is 16.9 Å². The molecule has 6 nitrogen and oxygen atoms in total. The molecule has 0 atom stereocenters. The van der Waals surface area contributed by atoms with Gasteiger partial charge in [0.05, 0.1) is 17.7 Å². The second-order valence-corrected chi connectivity index (χ2v) is 6.61. The van der Waals surface area contributed by atoms with Crippen molar-refractivity contribution in [1.82, 2.24) is 19.7 Å². The highest BCUT2D eigenvalue weighted by atomic mass is 16.5. The van der Waals surface area contributed by atoms with Gasteiger partial charge in [0, 0.05) is 19.2 Å². The number of para-hydroxylation sites is 1. The molecule has 0 unspecified atom stereocenters. The Balaban J connectivity index is 1.56. The summed E-state index contributed by atoms with van der Waals surface area (Å²) in [4.78, 5) is 9.01. The first-order valence-electron chi connectivity index (χ1n) is 8.85. The number of fused-ring (bicyclic) bond motifs is 1. The average molecular weight is 337 g/mol. The van der Waals surface area contributed by atoms with E-state index in [2.05, 4.69) is 32.5 Å². The van der Waals surface area contributed by atoms with Crippen LogP contribution in [0.2, 0.25) is 0 Å². The number of nitrogens with zero attached hydrogens (tertiary/aromatic N) is 4. The molecule has 0 spiro atoms. The number of hydrogen-bond acceptors (Lipinski definition) is 5. The minimum Gasteiger partial charge on any atom is -0.490 e. The fraction of sp³-hybridized carbons (Fsp3) is 0.421. The molecule has 1 aliphatic rings. The molecule has 1 saturated carbocycles. The monoisotopic (exact) mass is 337 g/mol. The largest absolute Gasteiger partial charge is 0.490 e. The van der Waals surface area contributed by atoms with Crippen LogP contribution in [0.5, 0.6) is 5.75 Å². The molecule has 25 heavy (non-hydrogen) atoms. The van der Waals surface area contributed by atoms with Gasteiger partial charge in [0.1, 0.15) is 17.4 Å². The molecule has 1 N–H and O–H groups in total. The van der Waals surface area contributed by atoms with Crippen LogP contribution in [-0.4, -0.2) is 25.9 Å². The lowest BCUT2D eigenvalue weighted by molar-refractivity contribution is 0.208. The van der Waals surface area contributed by atoms with Crippen LogP contribution in [0.25, 0.3) is 11.0 Å². The molecule has 6 heteroatoms. The van der Waals surface area contributed by atoms with Crippen LogP contribution in [0.15, 0.2) is 30.5 Å². The van der Waals surface area contributed by atoms with Gasteiger partial charge in [0.15, 0.2) is 5.65 Å². The van der Waals surface area contributed by atoms with Gasteiger partial charge in [-0.1, -0.05) is 18.2 Å². The van der Waals surface area contributed by atoms with E-state index in [0.29, 0.717) is 12.6 Å². The molecule has 3 aromatic rings. The van der Waals surface area contributed by atoms with Gasteiger partial charge in [-0.15, -0.1) is 0 Å². The average Bonchev–Trinajstić information content (AvgIpc) is 3.24. The van der Waals surface area contributed by atoms with Crippen molar-refractivity contribution in [3.63, 3.8) is 0 Å². The van der Waals surface area contributed by atoms with Gasteiger partial charge >= 0.3 is 0 Å². The highest BCUT2D eigenvalue weighted by Gasteiger charge is 2.18. The van der Waals surface area contributed by atoms with Crippen molar-refractivity contribution in [3.05, 3.63) is 41.9 Å². The molecule has 130 valence electrons. The van der Waals surface area contributed by atoms with E-state index in [9.17, 15) is 0 Å². The highest BCUT2D eigenvalue weighted by Crippen LogP contribution is 2.27. The summed E-state index contributed by atoms with van der Waals surface area (Å²) >= 11 is 0. The molecule has 0 saturated heterocycles. The maximum absolute atomic E-state index is 6.22. The molecule has 4 rings (SSSR count). The van der Waals surface area contributed by atoms with Crippen LogP contribution >= 0.6 is 0 Å². The number of anilines is 1. The molecule has 1 aliphatic carbocycles.